The van der Waals surface area contributed by atoms with Crippen LogP contribution >= 0.6 is 0 Å². The van der Waals surface area contributed by atoms with Gasteiger partial charge in [0, 0.05) is 12.5 Å². The Morgan fingerprint density at radius 1 is 1.17 bits per heavy atom. The van der Waals surface area contributed by atoms with Gasteiger partial charge in [-0.2, -0.15) is 0 Å². The summed E-state index contributed by atoms with van der Waals surface area (Å²) < 4.78 is 5.11. The van der Waals surface area contributed by atoms with Crippen molar-refractivity contribution in [2.75, 3.05) is 6.54 Å². The summed E-state index contributed by atoms with van der Waals surface area (Å²) >= 11 is 0. The van der Waals surface area contributed by atoms with Crippen LogP contribution in [0.5, 0.6) is 0 Å². The van der Waals surface area contributed by atoms with Crippen LogP contribution in [0.4, 0.5) is 4.79 Å². The van der Waals surface area contributed by atoms with E-state index in [4.69, 9.17) is 4.74 Å². The summed E-state index contributed by atoms with van der Waals surface area (Å²) in [5.74, 6) is -1.20. The summed E-state index contributed by atoms with van der Waals surface area (Å²) in [4.78, 5) is 34.8. The smallest absolute Gasteiger partial charge is 0.407 e. The van der Waals surface area contributed by atoms with Crippen LogP contribution in [0.2, 0.25) is 0 Å². The van der Waals surface area contributed by atoms with E-state index in [0.717, 1.165) is 25.7 Å². The number of carboxylic acid groups (broad SMARTS) is 1. The van der Waals surface area contributed by atoms with Crippen molar-refractivity contribution < 1.29 is 24.2 Å². The third kappa shape index (κ3) is 8.17. The molecule has 7 heteroatoms. The third-order valence-electron chi connectivity index (χ3n) is 3.93. The molecule has 0 saturated heterocycles. The number of hydrogen-bond acceptors (Lipinski definition) is 4. The van der Waals surface area contributed by atoms with E-state index >= 15 is 0 Å². The van der Waals surface area contributed by atoms with Gasteiger partial charge in [-0.3, -0.25) is 4.79 Å². The van der Waals surface area contributed by atoms with Gasteiger partial charge < -0.3 is 20.5 Å². The van der Waals surface area contributed by atoms with Crippen LogP contribution in [-0.2, 0) is 14.3 Å². The van der Waals surface area contributed by atoms with Gasteiger partial charge in [0.2, 0.25) is 5.91 Å². The number of ether oxygens (including phenoxy) is 1. The number of nitrogens with one attached hydrogen (secondary N) is 2. The molecule has 0 bridgehead atoms. The van der Waals surface area contributed by atoms with Gasteiger partial charge in [0.1, 0.15) is 11.6 Å². The van der Waals surface area contributed by atoms with Crippen LogP contribution in [0, 0.1) is 5.92 Å². The predicted octanol–water partition coefficient (Wildman–Crippen LogP) is 2.44. The molecule has 1 aliphatic carbocycles. The van der Waals surface area contributed by atoms with Gasteiger partial charge in [0.05, 0.1) is 0 Å². The molecule has 1 aliphatic rings. The fourth-order valence-electron chi connectivity index (χ4n) is 2.71. The molecule has 0 aliphatic heterocycles. The molecular formula is C17H30N2O5. The molecule has 24 heavy (non-hydrogen) atoms. The van der Waals surface area contributed by atoms with E-state index in [-0.39, 0.29) is 11.8 Å². The molecule has 2 amide bonds. The lowest BCUT2D eigenvalue weighted by Gasteiger charge is -2.20. The second-order valence-corrected chi connectivity index (χ2v) is 7.31. The van der Waals surface area contributed by atoms with Crippen molar-refractivity contribution >= 4 is 18.0 Å². The Morgan fingerprint density at radius 3 is 2.33 bits per heavy atom. The number of carboxylic acids is 1. The molecule has 0 aromatic heterocycles. The summed E-state index contributed by atoms with van der Waals surface area (Å²) in [6.07, 6.45) is 4.85. The number of alkyl carbamates (subject to hydrolysis) is 1. The predicted molar refractivity (Wildman–Crippen MR) is 89.6 cm³/mol. The minimum absolute atomic E-state index is 0.0410. The molecule has 1 atom stereocenters. The van der Waals surface area contributed by atoms with Crippen molar-refractivity contribution in [1.82, 2.24) is 10.6 Å². The first-order valence-electron chi connectivity index (χ1n) is 8.69. The standard InChI is InChI=1S/C17H30N2O5/c1-17(2,3)24-16(23)18-11-7-6-10-13(15(21)22)19-14(20)12-8-4-5-9-12/h12-13H,4-11H2,1-3H3,(H,18,23)(H,19,20)(H,21,22)/t13-/m1/s1. The van der Waals surface area contributed by atoms with E-state index in [0.29, 0.717) is 25.8 Å². The van der Waals surface area contributed by atoms with Crippen molar-refractivity contribution in [2.45, 2.75) is 77.4 Å². The normalized spacial score (nSPS) is 16.5. The first-order valence-corrected chi connectivity index (χ1v) is 8.69. The zero-order chi connectivity index (χ0) is 18.2. The highest BCUT2D eigenvalue weighted by atomic mass is 16.6. The second kappa shape index (κ2) is 9.49. The molecule has 0 unspecified atom stereocenters. The van der Waals surface area contributed by atoms with E-state index in [9.17, 15) is 19.5 Å². The van der Waals surface area contributed by atoms with Crippen LogP contribution in [0.1, 0.15) is 65.7 Å². The summed E-state index contributed by atoms with van der Waals surface area (Å²) in [6.45, 7) is 5.78. The fourth-order valence-corrected chi connectivity index (χ4v) is 2.71. The van der Waals surface area contributed by atoms with Gasteiger partial charge >= 0.3 is 12.1 Å². The highest BCUT2D eigenvalue weighted by molar-refractivity contribution is 5.85. The number of aliphatic carboxylic acids is 1. The minimum Gasteiger partial charge on any atom is -0.480 e. The maximum atomic E-state index is 12.0. The largest absolute Gasteiger partial charge is 0.480 e. The van der Waals surface area contributed by atoms with Crippen LogP contribution in [0.25, 0.3) is 0 Å². The zero-order valence-electron chi connectivity index (χ0n) is 14.9. The minimum atomic E-state index is -1.01. The van der Waals surface area contributed by atoms with Crippen LogP contribution in [-0.4, -0.2) is 41.3 Å². The topological polar surface area (TPSA) is 105 Å². The lowest BCUT2D eigenvalue weighted by molar-refractivity contribution is -0.142. The van der Waals surface area contributed by atoms with Crippen molar-refractivity contribution in [3.05, 3.63) is 0 Å². The molecule has 138 valence electrons. The highest BCUT2D eigenvalue weighted by Gasteiger charge is 2.27. The molecule has 1 fully saturated rings. The number of carbonyl (C=O) groups excluding carboxylic acids is 2. The Kier molecular flexibility index (Phi) is 8.01. The Labute approximate surface area is 143 Å². The molecule has 0 heterocycles. The number of unbranched alkanes of at least 4 members (excludes halogenated alkanes) is 1. The van der Waals surface area contributed by atoms with Crippen molar-refractivity contribution in [3.63, 3.8) is 0 Å². The van der Waals surface area contributed by atoms with E-state index < -0.39 is 23.7 Å². The fraction of sp³-hybridized carbons (Fsp3) is 0.824. The van der Waals surface area contributed by atoms with Gasteiger partial charge in [-0.1, -0.05) is 12.8 Å². The average Bonchev–Trinajstić information content (AvgIpc) is 2.97. The summed E-state index contributed by atoms with van der Waals surface area (Å²) in [6, 6.07) is -0.861. The van der Waals surface area contributed by atoms with Crippen molar-refractivity contribution in [3.8, 4) is 0 Å². The molecule has 0 aromatic carbocycles. The summed E-state index contributed by atoms with van der Waals surface area (Å²) in [5.41, 5.74) is -0.539. The third-order valence-corrected chi connectivity index (χ3v) is 3.93. The summed E-state index contributed by atoms with van der Waals surface area (Å²) in [7, 11) is 0. The number of hydrogen-bond donors (Lipinski definition) is 3. The molecule has 0 aromatic rings. The molecule has 7 nitrogen and oxygen atoms in total. The van der Waals surface area contributed by atoms with Gasteiger partial charge in [-0.05, 0) is 52.9 Å². The number of rotatable bonds is 8. The Morgan fingerprint density at radius 2 is 1.79 bits per heavy atom. The maximum Gasteiger partial charge on any atom is 0.407 e. The van der Waals surface area contributed by atoms with E-state index in [1.165, 1.54) is 0 Å². The molecule has 1 rings (SSSR count). The van der Waals surface area contributed by atoms with Gasteiger partial charge in [0.25, 0.3) is 0 Å². The quantitative estimate of drug-likeness (QED) is 0.588. The molecule has 0 radical (unpaired) electrons. The first kappa shape index (κ1) is 20.3. The molecule has 3 N–H and O–H groups in total. The van der Waals surface area contributed by atoms with E-state index in [1.54, 1.807) is 20.8 Å². The Hall–Kier alpha value is -1.79. The lowest BCUT2D eigenvalue weighted by Crippen LogP contribution is -2.43. The lowest BCUT2D eigenvalue weighted by atomic mass is 10.1. The van der Waals surface area contributed by atoms with E-state index in [1.807, 2.05) is 0 Å². The van der Waals surface area contributed by atoms with E-state index in [2.05, 4.69) is 10.6 Å². The Bertz CT molecular complexity index is 439. The first-order chi connectivity index (χ1) is 11.2. The Balaban J connectivity index is 2.23. The number of carbonyl (C=O) groups is 3. The zero-order valence-corrected chi connectivity index (χ0v) is 14.9. The average molecular weight is 342 g/mol. The van der Waals surface area contributed by atoms with Gasteiger partial charge in [-0.25, -0.2) is 9.59 Å². The molecule has 1 saturated carbocycles. The van der Waals surface area contributed by atoms with Crippen LogP contribution in [0.15, 0.2) is 0 Å². The van der Waals surface area contributed by atoms with Gasteiger partial charge in [0.15, 0.2) is 0 Å². The second-order valence-electron chi connectivity index (χ2n) is 7.31. The number of amides is 2. The van der Waals surface area contributed by atoms with Crippen LogP contribution in [0.3, 0.4) is 0 Å². The monoisotopic (exact) mass is 342 g/mol. The molecular weight excluding hydrogens is 312 g/mol. The van der Waals surface area contributed by atoms with Gasteiger partial charge in [-0.15, -0.1) is 0 Å². The SMILES string of the molecule is CC(C)(C)OC(=O)NCCCC[C@@H](NC(=O)C1CCCC1)C(=O)O. The molecule has 0 spiro atoms. The van der Waals surface area contributed by atoms with Crippen molar-refractivity contribution in [1.29, 1.82) is 0 Å². The van der Waals surface area contributed by atoms with Crippen LogP contribution < -0.4 is 10.6 Å². The summed E-state index contributed by atoms with van der Waals surface area (Å²) in [5, 5.41) is 14.5. The highest BCUT2D eigenvalue weighted by Crippen LogP contribution is 2.24. The van der Waals surface area contributed by atoms with Crippen molar-refractivity contribution in [2.24, 2.45) is 5.92 Å². The maximum absolute atomic E-state index is 12.0.